The minimum Gasteiger partial charge on any atom is -0.467 e. The maximum atomic E-state index is 13.2. The van der Waals surface area contributed by atoms with Crippen molar-refractivity contribution in [3.05, 3.63) is 84.2 Å². The van der Waals surface area contributed by atoms with Crippen LogP contribution in [0.3, 0.4) is 0 Å². The van der Waals surface area contributed by atoms with Gasteiger partial charge in [-0.2, -0.15) is 11.8 Å². The number of pyridine rings is 1. The van der Waals surface area contributed by atoms with Crippen molar-refractivity contribution in [3.8, 4) is 11.1 Å². The summed E-state index contributed by atoms with van der Waals surface area (Å²) in [6.07, 6.45) is 6.07. The number of hydrogen-bond acceptors (Lipinski definition) is 6. The highest BCUT2D eigenvalue weighted by molar-refractivity contribution is 7.98. The number of carbonyl (C=O) groups excluding carboxylic acids is 2. The predicted octanol–water partition coefficient (Wildman–Crippen LogP) is 5.07. The summed E-state index contributed by atoms with van der Waals surface area (Å²) < 4.78 is 4.88. The molecule has 2 aromatic carbocycles. The fourth-order valence-corrected chi connectivity index (χ4v) is 4.49. The van der Waals surface area contributed by atoms with Crippen LogP contribution in [-0.2, 0) is 15.3 Å². The third kappa shape index (κ3) is 6.61. The van der Waals surface area contributed by atoms with E-state index in [2.05, 4.69) is 10.3 Å². The fourth-order valence-electron chi connectivity index (χ4n) is 3.20. The quantitative estimate of drug-likeness (QED) is 0.333. The number of carbonyl (C=O) groups is 2. The smallest absolute Gasteiger partial charge is 0.328 e. The molecule has 1 N–H and O–H groups in total. The molecule has 1 aromatic heterocycles. The van der Waals surface area contributed by atoms with E-state index >= 15 is 0 Å². The molecule has 0 aliphatic carbocycles. The molecule has 5 nitrogen and oxygen atoms in total. The summed E-state index contributed by atoms with van der Waals surface area (Å²) in [5.41, 5.74) is 3.41. The highest BCUT2D eigenvalue weighted by atomic mass is 32.2. The zero-order chi connectivity index (χ0) is 22.8. The van der Waals surface area contributed by atoms with Gasteiger partial charge < -0.3 is 10.1 Å². The lowest BCUT2D eigenvalue weighted by Gasteiger charge is -2.18. The van der Waals surface area contributed by atoms with Gasteiger partial charge in [-0.15, -0.1) is 11.8 Å². The summed E-state index contributed by atoms with van der Waals surface area (Å²) >= 11 is 3.31. The third-order valence-electron chi connectivity index (χ3n) is 4.85. The van der Waals surface area contributed by atoms with Gasteiger partial charge in [0.15, 0.2) is 0 Å². The van der Waals surface area contributed by atoms with Gasteiger partial charge in [0.1, 0.15) is 6.04 Å². The maximum Gasteiger partial charge on any atom is 0.328 e. The number of amides is 1. The van der Waals surface area contributed by atoms with Crippen LogP contribution in [0, 0.1) is 0 Å². The van der Waals surface area contributed by atoms with Crippen molar-refractivity contribution in [2.75, 3.05) is 19.1 Å². The minimum atomic E-state index is -0.676. The van der Waals surface area contributed by atoms with Crippen LogP contribution in [0.4, 0.5) is 0 Å². The molecular formula is C25H26N2O3S2. The van der Waals surface area contributed by atoms with Crippen LogP contribution in [-0.4, -0.2) is 42.0 Å². The van der Waals surface area contributed by atoms with Crippen molar-refractivity contribution < 1.29 is 14.3 Å². The first-order valence-electron chi connectivity index (χ1n) is 10.2. The Morgan fingerprint density at radius 2 is 1.91 bits per heavy atom. The van der Waals surface area contributed by atoms with E-state index in [9.17, 15) is 9.59 Å². The normalized spacial score (nSPS) is 11.6. The molecule has 0 bridgehead atoms. The van der Waals surface area contributed by atoms with Crippen molar-refractivity contribution in [2.24, 2.45) is 0 Å². The van der Waals surface area contributed by atoms with Gasteiger partial charge in [0.05, 0.1) is 7.11 Å². The monoisotopic (exact) mass is 466 g/mol. The molecule has 166 valence electrons. The SMILES string of the molecule is COC(=O)C(CCSC)NC(=O)c1ccc(CSc2cccnc2)cc1-c1ccccc1. The van der Waals surface area contributed by atoms with Crippen molar-refractivity contribution in [1.29, 1.82) is 0 Å². The Labute approximate surface area is 197 Å². The molecule has 1 amide bonds. The van der Waals surface area contributed by atoms with Gasteiger partial charge in [-0.25, -0.2) is 4.79 Å². The maximum absolute atomic E-state index is 13.2. The molecule has 1 atom stereocenters. The van der Waals surface area contributed by atoms with E-state index in [1.807, 2.05) is 73.1 Å². The topological polar surface area (TPSA) is 68.3 Å². The lowest BCUT2D eigenvalue weighted by molar-refractivity contribution is -0.142. The molecule has 32 heavy (non-hydrogen) atoms. The van der Waals surface area contributed by atoms with Gasteiger partial charge in [0.25, 0.3) is 5.91 Å². The minimum absolute atomic E-state index is 0.285. The molecular weight excluding hydrogens is 440 g/mol. The lowest BCUT2D eigenvalue weighted by atomic mass is 9.97. The number of ether oxygens (including phenoxy) is 1. The van der Waals surface area contributed by atoms with Gasteiger partial charge in [-0.1, -0.05) is 36.4 Å². The Morgan fingerprint density at radius 1 is 1.09 bits per heavy atom. The summed E-state index contributed by atoms with van der Waals surface area (Å²) in [5.74, 6) is 0.784. The van der Waals surface area contributed by atoms with E-state index in [0.29, 0.717) is 12.0 Å². The molecule has 0 aliphatic heterocycles. The summed E-state index contributed by atoms with van der Waals surface area (Å²) in [4.78, 5) is 30.6. The van der Waals surface area contributed by atoms with Crippen LogP contribution >= 0.6 is 23.5 Å². The Morgan fingerprint density at radius 3 is 2.59 bits per heavy atom. The zero-order valence-electron chi connectivity index (χ0n) is 18.1. The molecule has 0 fully saturated rings. The molecule has 3 rings (SSSR count). The van der Waals surface area contributed by atoms with E-state index in [4.69, 9.17) is 4.74 Å². The number of rotatable bonds is 10. The Balaban J connectivity index is 1.86. The average Bonchev–Trinajstić information content (AvgIpc) is 2.85. The van der Waals surface area contributed by atoms with E-state index in [1.54, 1.807) is 29.7 Å². The van der Waals surface area contributed by atoms with E-state index in [0.717, 1.165) is 33.1 Å². The summed E-state index contributed by atoms with van der Waals surface area (Å²) in [6, 6.07) is 18.9. The Kier molecular flexibility index (Phi) is 9.19. The number of methoxy groups -OCH3 is 1. The average molecular weight is 467 g/mol. The van der Waals surface area contributed by atoms with Crippen molar-refractivity contribution >= 4 is 35.4 Å². The first kappa shape index (κ1) is 23.9. The number of nitrogens with one attached hydrogen (secondary N) is 1. The summed E-state index contributed by atoms with van der Waals surface area (Å²) in [7, 11) is 1.34. The van der Waals surface area contributed by atoms with Crippen LogP contribution in [0.2, 0.25) is 0 Å². The first-order valence-corrected chi connectivity index (χ1v) is 12.6. The van der Waals surface area contributed by atoms with Crippen LogP contribution in [0.25, 0.3) is 11.1 Å². The first-order chi connectivity index (χ1) is 15.6. The second-order valence-corrected chi connectivity index (χ2v) is 9.09. The van der Waals surface area contributed by atoms with Gasteiger partial charge in [0.2, 0.25) is 0 Å². The Hall–Kier alpha value is -2.77. The van der Waals surface area contributed by atoms with Crippen molar-refractivity contribution in [2.45, 2.75) is 23.1 Å². The zero-order valence-corrected chi connectivity index (χ0v) is 19.7. The molecule has 7 heteroatoms. The highest BCUT2D eigenvalue weighted by Gasteiger charge is 2.23. The molecule has 1 heterocycles. The number of hydrogen-bond donors (Lipinski definition) is 1. The van der Waals surface area contributed by atoms with Gasteiger partial charge in [-0.05, 0) is 59.4 Å². The number of thioether (sulfide) groups is 2. The van der Waals surface area contributed by atoms with Crippen LogP contribution in [0.15, 0.2) is 78.0 Å². The largest absolute Gasteiger partial charge is 0.467 e. The molecule has 0 radical (unpaired) electrons. The standard InChI is InChI=1S/C25H26N2O3S2/c1-30-25(29)23(12-14-31-2)27-24(28)21-11-10-18(17-32-20-9-6-13-26-16-20)15-22(21)19-7-4-3-5-8-19/h3-11,13,15-16,23H,12,14,17H2,1-2H3,(H,27,28). The van der Waals surface area contributed by atoms with Gasteiger partial charge in [-0.3, -0.25) is 9.78 Å². The Bertz CT molecular complexity index is 1030. The number of benzene rings is 2. The van der Waals surface area contributed by atoms with E-state index in [-0.39, 0.29) is 5.91 Å². The van der Waals surface area contributed by atoms with Crippen LogP contribution in [0.1, 0.15) is 22.3 Å². The molecule has 1 unspecified atom stereocenters. The molecule has 0 saturated heterocycles. The van der Waals surface area contributed by atoms with Crippen molar-refractivity contribution in [3.63, 3.8) is 0 Å². The summed E-state index contributed by atoms with van der Waals surface area (Å²) in [5, 5.41) is 2.87. The van der Waals surface area contributed by atoms with Gasteiger partial charge >= 0.3 is 5.97 Å². The number of nitrogens with zero attached hydrogens (tertiary/aromatic N) is 1. The molecule has 3 aromatic rings. The number of esters is 1. The number of aromatic nitrogens is 1. The van der Waals surface area contributed by atoms with Crippen LogP contribution < -0.4 is 5.32 Å². The van der Waals surface area contributed by atoms with Crippen LogP contribution in [0.5, 0.6) is 0 Å². The second kappa shape index (κ2) is 12.3. The van der Waals surface area contributed by atoms with E-state index < -0.39 is 12.0 Å². The highest BCUT2D eigenvalue weighted by Crippen LogP contribution is 2.29. The van der Waals surface area contributed by atoms with Gasteiger partial charge in [0, 0.05) is 28.6 Å². The molecule has 0 aliphatic rings. The predicted molar refractivity (Wildman–Crippen MR) is 132 cm³/mol. The third-order valence-corrected chi connectivity index (χ3v) is 6.55. The van der Waals surface area contributed by atoms with Crippen molar-refractivity contribution in [1.82, 2.24) is 10.3 Å². The lowest BCUT2D eigenvalue weighted by Crippen LogP contribution is -2.42. The molecule has 0 saturated carbocycles. The van der Waals surface area contributed by atoms with E-state index in [1.165, 1.54) is 7.11 Å². The fraction of sp³-hybridized carbons (Fsp3) is 0.240. The second-order valence-electron chi connectivity index (χ2n) is 7.05. The summed E-state index contributed by atoms with van der Waals surface area (Å²) in [6.45, 7) is 0. The molecule has 0 spiro atoms.